The lowest BCUT2D eigenvalue weighted by Gasteiger charge is -2.07. The molecule has 21 heavy (non-hydrogen) atoms. The van der Waals surface area contributed by atoms with Gasteiger partial charge in [0.2, 0.25) is 0 Å². The van der Waals surface area contributed by atoms with Gasteiger partial charge in [0, 0.05) is 18.8 Å². The van der Waals surface area contributed by atoms with Crippen LogP contribution in [0.15, 0.2) is 36.5 Å². The number of benzene rings is 1. The van der Waals surface area contributed by atoms with Crippen molar-refractivity contribution in [1.29, 1.82) is 5.26 Å². The first kappa shape index (κ1) is 14.4. The summed E-state index contributed by atoms with van der Waals surface area (Å²) in [6, 6.07) is 10.1. The van der Waals surface area contributed by atoms with Gasteiger partial charge in [0.05, 0.1) is 10.5 Å². The van der Waals surface area contributed by atoms with Crippen LogP contribution in [0.4, 0.5) is 5.69 Å². The lowest BCUT2D eigenvalue weighted by Crippen LogP contribution is -2.04. The molecule has 0 amide bonds. The van der Waals surface area contributed by atoms with E-state index in [0.717, 1.165) is 11.6 Å². The molecule has 0 saturated carbocycles. The van der Waals surface area contributed by atoms with Crippen LogP contribution >= 0.6 is 0 Å². The van der Waals surface area contributed by atoms with Crippen molar-refractivity contribution in [2.75, 3.05) is 7.05 Å². The molecule has 7 nitrogen and oxygen atoms in total. The molecule has 0 aliphatic carbocycles. The highest BCUT2D eigenvalue weighted by atomic mass is 16.6. The highest BCUT2D eigenvalue weighted by Crippen LogP contribution is 2.29. The number of nitriles is 1. The zero-order chi connectivity index (χ0) is 15.2. The number of pyridine rings is 1. The summed E-state index contributed by atoms with van der Waals surface area (Å²) in [6.45, 7) is 0.653. The Morgan fingerprint density at radius 1 is 1.48 bits per heavy atom. The van der Waals surface area contributed by atoms with E-state index < -0.39 is 4.92 Å². The van der Waals surface area contributed by atoms with E-state index >= 15 is 0 Å². The zero-order valence-corrected chi connectivity index (χ0v) is 11.2. The number of nitrogens with one attached hydrogen (secondary N) is 1. The van der Waals surface area contributed by atoms with Crippen LogP contribution in [0.2, 0.25) is 0 Å². The van der Waals surface area contributed by atoms with E-state index in [1.165, 1.54) is 6.20 Å². The van der Waals surface area contributed by atoms with Gasteiger partial charge in [-0.1, -0.05) is 12.1 Å². The standard InChI is InChI=1S/C14H12N4O3/c1-16-8-10-3-2-4-12(5-10)21-14-13(18(19)20)6-11(7-15)9-17-14/h2-6,9,16H,8H2,1H3. The molecule has 2 aromatic rings. The molecule has 1 aromatic carbocycles. The van der Waals surface area contributed by atoms with Crippen LogP contribution in [0.1, 0.15) is 11.1 Å². The quantitative estimate of drug-likeness (QED) is 0.668. The fourth-order valence-electron chi connectivity index (χ4n) is 1.75. The molecule has 0 bridgehead atoms. The Hall–Kier alpha value is -2.98. The minimum atomic E-state index is -0.624. The van der Waals surface area contributed by atoms with Crippen LogP contribution in [0.3, 0.4) is 0 Å². The molecule has 1 aromatic heterocycles. The van der Waals surface area contributed by atoms with Gasteiger partial charge in [0.1, 0.15) is 11.8 Å². The first-order valence-electron chi connectivity index (χ1n) is 6.10. The number of hydrogen-bond acceptors (Lipinski definition) is 6. The second-order valence-corrected chi connectivity index (χ2v) is 4.20. The Morgan fingerprint density at radius 2 is 2.29 bits per heavy atom. The molecule has 0 saturated heterocycles. The largest absolute Gasteiger partial charge is 0.434 e. The monoisotopic (exact) mass is 284 g/mol. The van der Waals surface area contributed by atoms with E-state index in [9.17, 15) is 10.1 Å². The van der Waals surface area contributed by atoms with E-state index in [1.807, 2.05) is 19.2 Å². The van der Waals surface area contributed by atoms with Gasteiger partial charge in [-0.2, -0.15) is 5.26 Å². The van der Waals surface area contributed by atoms with Crippen LogP contribution < -0.4 is 10.1 Å². The number of ether oxygens (including phenoxy) is 1. The minimum Gasteiger partial charge on any atom is -0.434 e. The van der Waals surface area contributed by atoms with Crippen LogP contribution in [0.25, 0.3) is 0 Å². The summed E-state index contributed by atoms with van der Waals surface area (Å²) in [5.74, 6) is 0.309. The fourth-order valence-corrected chi connectivity index (χ4v) is 1.75. The maximum absolute atomic E-state index is 11.0. The van der Waals surface area contributed by atoms with Gasteiger partial charge in [0.25, 0.3) is 5.88 Å². The lowest BCUT2D eigenvalue weighted by atomic mass is 10.2. The molecule has 0 atom stereocenters. The van der Waals surface area contributed by atoms with Crippen molar-refractivity contribution in [2.45, 2.75) is 6.54 Å². The molecule has 106 valence electrons. The first-order chi connectivity index (χ1) is 10.1. The highest BCUT2D eigenvalue weighted by molar-refractivity contribution is 5.48. The molecular formula is C14H12N4O3. The summed E-state index contributed by atoms with van der Waals surface area (Å²) in [4.78, 5) is 14.2. The van der Waals surface area contributed by atoms with E-state index in [1.54, 1.807) is 18.2 Å². The molecule has 0 spiro atoms. The van der Waals surface area contributed by atoms with Crippen molar-refractivity contribution in [2.24, 2.45) is 0 Å². The van der Waals surface area contributed by atoms with Crippen molar-refractivity contribution < 1.29 is 9.66 Å². The maximum atomic E-state index is 11.0. The van der Waals surface area contributed by atoms with Crippen molar-refractivity contribution in [3.63, 3.8) is 0 Å². The number of hydrogen-bond donors (Lipinski definition) is 1. The maximum Gasteiger partial charge on any atom is 0.332 e. The summed E-state index contributed by atoms with van der Waals surface area (Å²) < 4.78 is 5.47. The predicted octanol–water partition coefficient (Wildman–Crippen LogP) is 2.37. The van der Waals surface area contributed by atoms with Crippen LogP contribution in [-0.2, 0) is 6.54 Å². The molecule has 1 heterocycles. The molecule has 1 N–H and O–H groups in total. The van der Waals surface area contributed by atoms with Crippen molar-refractivity contribution >= 4 is 5.69 Å². The second kappa shape index (κ2) is 6.45. The summed E-state index contributed by atoms with van der Waals surface area (Å²) >= 11 is 0. The van der Waals surface area contributed by atoms with Gasteiger partial charge >= 0.3 is 5.69 Å². The Labute approximate surface area is 121 Å². The molecule has 0 aliphatic rings. The Morgan fingerprint density at radius 3 is 2.95 bits per heavy atom. The van der Waals surface area contributed by atoms with Gasteiger partial charge in [-0.15, -0.1) is 0 Å². The smallest absolute Gasteiger partial charge is 0.332 e. The van der Waals surface area contributed by atoms with Crippen molar-refractivity contribution in [3.05, 3.63) is 57.8 Å². The van der Waals surface area contributed by atoms with E-state index in [0.29, 0.717) is 12.3 Å². The van der Waals surface area contributed by atoms with E-state index in [2.05, 4.69) is 10.3 Å². The van der Waals surface area contributed by atoms with Gasteiger partial charge < -0.3 is 10.1 Å². The summed E-state index contributed by atoms with van der Waals surface area (Å²) in [5.41, 5.74) is 0.748. The second-order valence-electron chi connectivity index (χ2n) is 4.20. The number of nitrogens with zero attached hydrogens (tertiary/aromatic N) is 3. The van der Waals surface area contributed by atoms with Gasteiger partial charge in [-0.05, 0) is 24.7 Å². The summed E-state index contributed by atoms with van der Waals surface area (Å²) in [7, 11) is 1.82. The predicted molar refractivity (Wildman–Crippen MR) is 74.9 cm³/mol. The topological polar surface area (TPSA) is 101 Å². The summed E-state index contributed by atoms with van der Waals surface area (Å²) in [5, 5.41) is 22.8. The third-order valence-electron chi connectivity index (χ3n) is 2.65. The van der Waals surface area contributed by atoms with Crippen molar-refractivity contribution in [1.82, 2.24) is 10.3 Å². The molecular weight excluding hydrogens is 272 g/mol. The molecule has 0 radical (unpaired) electrons. The van der Waals surface area contributed by atoms with Gasteiger partial charge in [-0.25, -0.2) is 4.98 Å². The third kappa shape index (κ3) is 3.52. The SMILES string of the molecule is CNCc1cccc(Oc2ncc(C#N)cc2[N+](=O)[O-])c1. The molecule has 0 aliphatic heterocycles. The van der Waals surface area contributed by atoms with Crippen LogP contribution in [0.5, 0.6) is 11.6 Å². The summed E-state index contributed by atoms with van der Waals surface area (Å²) in [6.07, 6.45) is 1.24. The molecule has 0 unspecified atom stereocenters. The number of aromatic nitrogens is 1. The van der Waals surface area contributed by atoms with Gasteiger partial charge in [0.15, 0.2) is 0 Å². The molecule has 2 rings (SSSR count). The Kier molecular flexibility index (Phi) is 4.43. The van der Waals surface area contributed by atoms with Crippen molar-refractivity contribution in [3.8, 4) is 17.7 Å². The lowest BCUT2D eigenvalue weighted by molar-refractivity contribution is -0.386. The number of nitro groups is 1. The third-order valence-corrected chi connectivity index (χ3v) is 2.65. The van der Waals surface area contributed by atoms with E-state index in [4.69, 9.17) is 10.00 Å². The Bertz CT molecular complexity index is 710. The van der Waals surface area contributed by atoms with Crippen LogP contribution in [-0.4, -0.2) is 17.0 Å². The van der Waals surface area contributed by atoms with E-state index in [-0.39, 0.29) is 17.1 Å². The number of rotatable bonds is 5. The first-order valence-corrected chi connectivity index (χ1v) is 6.10. The normalized spacial score (nSPS) is 9.90. The average Bonchev–Trinajstić information content (AvgIpc) is 2.48. The fraction of sp³-hybridized carbons (Fsp3) is 0.143. The minimum absolute atomic E-state index is 0.109. The average molecular weight is 284 g/mol. The van der Waals surface area contributed by atoms with Gasteiger partial charge in [-0.3, -0.25) is 10.1 Å². The Balaban J connectivity index is 2.33. The molecule has 0 fully saturated rings. The van der Waals surface area contributed by atoms with Crippen LogP contribution in [0, 0.1) is 21.4 Å². The molecule has 7 heteroatoms. The highest BCUT2D eigenvalue weighted by Gasteiger charge is 2.18. The zero-order valence-electron chi connectivity index (χ0n) is 11.2.